The summed E-state index contributed by atoms with van der Waals surface area (Å²) < 4.78 is 16.1. The van der Waals surface area contributed by atoms with Crippen LogP contribution in [0.3, 0.4) is 0 Å². The minimum Gasteiger partial charge on any atom is -0.497 e. The van der Waals surface area contributed by atoms with Crippen molar-refractivity contribution in [1.82, 2.24) is 4.90 Å². The Balaban J connectivity index is 1.58. The summed E-state index contributed by atoms with van der Waals surface area (Å²) >= 11 is 0. The predicted octanol–water partition coefficient (Wildman–Crippen LogP) is 3.15. The predicted molar refractivity (Wildman–Crippen MR) is 93.3 cm³/mol. The quantitative estimate of drug-likeness (QED) is 0.783. The number of ether oxygens (including phenoxy) is 3. The third-order valence-corrected chi connectivity index (χ3v) is 5.08. The van der Waals surface area contributed by atoms with E-state index in [-0.39, 0.29) is 12.8 Å². The average molecular weight is 339 g/mol. The molecule has 0 spiro atoms. The Kier molecular flexibility index (Phi) is 4.32. The van der Waals surface area contributed by atoms with Crippen molar-refractivity contribution in [2.75, 3.05) is 27.0 Å². The Morgan fingerprint density at radius 1 is 1.12 bits per heavy atom. The van der Waals surface area contributed by atoms with E-state index in [9.17, 15) is 4.79 Å². The van der Waals surface area contributed by atoms with Crippen LogP contribution in [0.4, 0.5) is 0 Å². The smallest absolute Gasteiger partial charge is 0.231 e. The fourth-order valence-electron chi connectivity index (χ4n) is 3.78. The summed E-state index contributed by atoms with van der Waals surface area (Å²) in [7, 11) is 1.67. The number of benzene rings is 2. The minimum absolute atomic E-state index is 0.228. The van der Waals surface area contributed by atoms with Crippen LogP contribution in [0.5, 0.6) is 17.2 Å². The molecule has 5 nitrogen and oxygen atoms in total. The molecule has 0 bridgehead atoms. The van der Waals surface area contributed by atoms with Crippen molar-refractivity contribution in [2.24, 2.45) is 0 Å². The molecule has 1 saturated heterocycles. The first kappa shape index (κ1) is 16.0. The Hall–Kier alpha value is -2.53. The molecular formula is C20H21NO4. The Bertz CT molecular complexity index is 759. The molecule has 0 amide bonds. The zero-order chi connectivity index (χ0) is 17.2. The van der Waals surface area contributed by atoms with Gasteiger partial charge in [-0.1, -0.05) is 18.2 Å². The number of nitrogens with zero attached hydrogens (tertiary/aromatic N) is 1. The van der Waals surface area contributed by atoms with Crippen molar-refractivity contribution in [3.8, 4) is 17.2 Å². The number of likely N-dealkylation sites (tertiary alicyclic amines) is 1. The van der Waals surface area contributed by atoms with Crippen molar-refractivity contribution < 1.29 is 19.0 Å². The number of methoxy groups -OCH3 is 1. The van der Waals surface area contributed by atoms with Gasteiger partial charge < -0.3 is 19.0 Å². The highest BCUT2D eigenvalue weighted by Crippen LogP contribution is 2.43. The first-order valence-corrected chi connectivity index (χ1v) is 8.49. The molecule has 0 radical (unpaired) electrons. The molecule has 4 rings (SSSR count). The van der Waals surface area contributed by atoms with Gasteiger partial charge in [0.15, 0.2) is 11.5 Å². The lowest BCUT2D eigenvalue weighted by atomic mass is 9.93. The fraction of sp³-hybridized carbons (Fsp3) is 0.350. The van der Waals surface area contributed by atoms with Gasteiger partial charge in [-0.25, -0.2) is 0 Å². The molecule has 2 heterocycles. The number of fused-ring (bicyclic) bond motifs is 1. The van der Waals surface area contributed by atoms with Gasteiger partial charge in [0.05, 0.1) is 13.7 Å². The number of rotatable bonds is 5. The number of carbonyl (C=O) groups excluding carboxylic acids is 1. The Morgan fingerprint density at radius 2 is 1.88 bits per heavy atom. The largest absolute Gasteiger partial charge is 0.497 e. The molecule has 2 aliphatic heterocycles. The number of aldehydes is 1. The van der Waals surface area contributed by atoms with E-state index in [0.717, 1.165) is 36.5 Å². The molecular weight excluding hydrogens is 318 g/mol. The summed E-state index contributed by atoms with van der Waals surface area (Å²) in [4.78, 5) is 13.4. The van der Waals surface area contributed by atoms with Gasteiger partial charge in [-0.3, -0.25) is 4.90 Å². The third kappa shape index (κ3) is 3.07. The van der Waals surface area contributed by atoms with Crippen LogP contribution >= 0.6 is 0 Å². The van der Waals surface area contributed by atoms with Gasteiger partial charge in [-0.05, 0) is 47.7 Å². The van der Waals surface area contributed by atoms with Crippen molar-refractivity contribution in [2.45, 2.75) is 18.4 Å². The van der Waals surface area contributed by atoms with E-state index in [1.807, 2.05) is 18.2 Å². The standard InChI is InChI=1S/C20H21NO4/c1-23-17-5-2-14(3-6-17)18-10-16(12-21(18)8-9-22)15-4-7-19-20(11-15)25-13-24-19/h2-7,9,11,16,18H,8,10,12-13H2,1H3/t16-,18-/m1/s1. The van der Waals surface area contributed by atoms with Gasteiger partial charge in [0.1, 0.15) is 12.0 Å². The molecule has 2 atom stereocenters. The van der Waals surface area contributed by atoms with Crippen molar-refractivity contribution in [1.29, 1.82) is 0 Å². The van der Waals surface area contributed by atoms with Crippen LogP contribution in [-0.4, -0.2) is 38.2 Å². The molecule has 2 aromatic carbocycles. The summed E-state index contributed by atoms with van der Waals surface area (Å²) in [5.41, 5.74) is 2.45. The van der Waals surface area contributed by atoms with E-state index in [0.29, 0.717) is 12.5 Å². The van der Waals surface area contributed by atoms with E-state index in [2.05, 4.69) is 29.2 Å². The van der Waals surface area contributed by atoms with Gasteiger partial charge in [-0.15, -0.1) is 0 Å². The zero-order valence-corrected chi connectivity index (χ0v) is 14.2. The van der Waals surface area contributed by atoms with Crippen molar-refractivity contribution in [3.63, 3.8) is 0 Å². The molecule has 0 unspecified atom stereocenters. The van der Waals surface area contributed by atoms with Gasteiger partial charge in [-0.2, -0.15) is 0 Å². The lowest BCUT2D eigenvalue weighted by molar-refractivity contribution is -0.109. The molecule has 2 aromatic rings. The Labute approximate surface area is 147 Å². The monoisotopic (exact) mass is 339 g/mol. The second kappa shape index (κ2) is 6.76. The summed E-state index contributed by atoms with van der Waals surface area (Å²) in [6.45, 7) is 1.59. The van der Waals surface area contributed by atoms with E-state index in [4.69, 9.17) is 14.2 Å². The van der Waals surface area contributed by atoms with E-state index in [1.165, 1.54) is 11.1 Å². The van der Waals surface area contributed by atoms with Crippen LogP contribution in [0.2, 0.25) is 0 Å². The summed E-state index contributed by atoms with van der Waals surface area (Å²) in [5, 5.41) is 0. The summed E-state index contributed by atoms with van der Waals surface area (Å²) in [6, 6.07) is 14.5. The lowest BCUT2D eigenvalue weighted by Gasteiger charge is -2.22. The molecule has 0 aliphatic carbocycles. The highest BCUT2D eigenvalue weighted by atomic mass is 16.7. The maximum atomic E-state index is 11.1. The number of carbonyl (C=O) groups is 1. The number of hydrogen-bond acceptors (Lipinski definition) is 5. The average Bonchev–Trinajstić information content (AvgIpc) is 3.28. The van der Waals surface area contributed by atoms with Gasteiger partial charge in [0, 0.05) is 12.6 Å². The summed E-state index contributed by atoms with van der Waals surface area (Å²) in [6.07, 6.45) is 1.96. The highest BCUT2D eigenvalue weighted by Gasteiger charge is 2.34. The number of hydrogen-bond donors (Lipinski definition) is 0. The normalized spacial score (nSPS) is 22.1. The van der Waals surface area contributed by atoms with E-state index in [1.54, 1.807) is 7.11 Å². The van der Waals surface area contributed by atoms with Crippen LogP contribution in [0, 0.1) is 0 Å². The fourth-order valence-corrected chi connectivity index (χ4v) is 3.78. The van der Waals surface area contributed by atoms with Crippen LogP contribution < -0.4 is 14.2 Å². The van der Waals surface area contributed by atoms with Crippen LogP contribution in [-0.2, 0) is 4.79 Å². The lowest BCUT2D eigenvalue weighted by Crippen LogP contribution is -2.25. The van der Waals surface area contributed by atoms with Gasteiger partial charge in [0.25, 0.3) is 0 Å². The zero-order valence-electron chi connectivity index (χ0n) is 14.2. The van der Waals surface area contributed by atoms with E-state index >= 15 is 0 Å². The first-order chi connectivity index (χ1) is 12.3. The molecule has 25 heavy (non-hydrogen) atoms. The molecule has 5 heteroatoms. The second-order valence-corrected chi connectivity index (χ2v) is 6.45. The topological polar surface area (TPSA) is 48.0 Å². The van der Waals surface area contributed by atoms with E-state index < -0.39 is 0 Å². The SMILES string of the molecule is COc1ccc([C@H]2C[C@@H](c3ccc4c(c3)OCO4)CN2CC=O)cc1. The van der Waals surface area contributed by atoms with Crippen LogP contribution in [0.25, 0.3) is 0 Å². The maximum absolute atomic E-state index is 11.1. The minimum atomic E-state index is 0.228. The molecule has 0 aromatic heterocycles. The van der Waals surface area contributed by atoms with Crippen LogP contribution in [0.1, 0.15) is 29.5 Å². The van der Waals surface area contributed by atoms with Crippen LogP contribution in [0.15, 0.2) is 42.5 Å². The van der Waals surface area contributed by atoms with Gasteiger partial charge >= 0.3 is 0 Å². The van der Waals surface area contributed by atoms with Crippen molar-refractivity contribution >= 4 is 6.29 Å². The van der Waals surface area contributed by atoms with Crippen molar-refractivity contribution in [3.05, 3.63) is 53.6 Å². The molecule has 0 N–H and O–H groups in total. The third-order valence-electron chi connectivity index (χ3n) is 5.08. The van der Waals surface area contributed by atoms with Gasteiger partial charge in [0.2, 0.25) is 6.79 Å². The highest BCUT2D eigenvalue weighted by molar-refractivity contribution is 5.53. The first-order valence-electron chi connectivity index (χ1n) is 8.49. The molecule has 1 fully saturated rings. The Morgan fingerprint density at radius 3 is 2.64 bits per heavy atom. The molecule has 130 valence electrons. The molecule has 0 saturated carbocycles. The summed E-state index contributed by atoms with van der Waals surface area (Å²) in [5.74, 6) is 2.82. The second-order valence-electron chi connectivity index (χ2n) is 6.45. The maximum Gasteiger partial charge on any atom is 0.231 e. The molecule has 2 aliphatic rings.